The minimum absolute atomic E-state index is 0.0104. The van der Waals surface area contributed by atoms with E-state index in [2.05, 4.69) is 31.6 Å². The summed E-state index contributed by atoms with van der Waals surface area (Å²) in [6.07, 6.45) is -1.23. The first-order valence-electron chi connectivity index (χ1n) is 14.0. The molecule has 1 aromatic rings. The fourth-order valence-electron chi connectivity index (χ4n) is 4.30. The van der Waals surface area contributed by atoms with Gasteiger partial charge in [-0.3, -0.25) is 33.8 Å². The van der Waals surface area contributed by atoms with E-state index in [1.54, 1.807) is 0 Å². The van der Waals surface area contributed by atoms with Crippen molar-refractivity contribution in [3.05, 3.63) is 29.8 Å². The summed E-state index contributed by atoms with van der Waals surface area (Å²) in [4.78, 5) is 91.6. The van der Waals surface area contributed by atoms with E-state index in [9.17, 15) is 48.9 Å². The van der Waals surface area contributed by atoms with Crippen LogP contribution in [0.3, 0.4) is 0 Å². The molecule has 0 unspecified atom stereocenters. The zero-order valence-corrected chi connectivity index (χ0v) is 24.3. The molecule has 246 valence electrons. The van der Waals surface area contributed by atoms with Crippen molar-refractivity contribution in [3.8, 4) is 5.75 Å². The molecule has 1 heterocycles. The van der Waals surface area contributed by atoms with Crippen molar-refractivity contribution in [1.29, 1.82) is 0 Å². The molecule has 12 N–H and O–H groups in total. The number of phenols is 1. The number of carbonyl (C=O) groups excluding carboxylic acids is 5. The Morgan fingerprint density at radius 1 is 0.844 bits per heavy atom. The van der Waals surface area contributed by atoms with Gasteiger partial charge in [-0.15, -0.1) is 0 Å². The Morgan fingerprint density at radius 2 is 1.49 bits per heavy atom. The summed E-state index contributed by atoms with van der Waals surface area (Å²) in [5.41, 5.74) is 11.2. The molecule has 0 aliphatic carbocycles. The number of aliphatic imine (C=N–C) groups is 1. The van der Waals surface area contributed by atoms with Gasteiger partial charge in [0.05, 0.1) is 13.0 Å². The molecule has 1 aliphatic rings. The number of guanidine groups is 1. The molecule has 45 heavy (non-hydrogen) atoms. The lowest BCUT2D eigenvalue weighted by Gasteiger charge is -2.24. The Balaban J connectivity index is 2.37. The van der Waals surface area contributed by atoms with E-state index in [1.165, 1.54) is 24.3 Å². The number of amides is 5. The van der Waals surface area contributed by atoms with E-state index in [4.69, 9.17) is 11.5 Å². The second kappa shape index (κ2) is 17.6. The molecule has 0 bridgehead atoms. The average molecular weight is 635 g/mol. The number of carbonyl (C=O) groups is 7. The first-order valence-corrected chi connectivity index (χ1v) is 14.0. The average Bonchev–Trinajstić information content (AvgIpc) is 2.96. The number of hydrogen-bond donors (Lipinski definition) is 10. The van der Waals surface area contributed by atoms with Crippen LogP contribution >= 0.6 is 0 Å². The van der Waals surface area contributed by atoms with Gasteiger partial charge in [-0.1, -0.05) is 12.1 Å². The quantitative estimate of drug-likeness (QED) is 0.0729. The largest absolute Gasteiger partial charge is 0.508 e. The molecule has 1 fully saturated rings. The summed E-state index contributed by atoms with van der Waals surface area (Å²) in [6.45, 7) is -0.613. The molecule has 0 radical (unpaired) electrons. The Morgan fingerprint density at radius 3 is 2.11 bits per heavy atom. The van der Waals surface area contributed by atoms with Crippen LogP contribution in [0.4, 0.5) is 0 Å². The monoisotopic (exact) mass is 634 g/mol. The number of aliphatic carboxylic acids is 2. The highest BCUT2D eigenvalue weighted by Crippen LogP contribution is 2.13. The second-order valence-electron chi connectivity index (χ2n) is 10.2. The molecule has 1 saturated heterocycles. The smallest absolute Gasteiger partial charge is 0.326 e. The molecular formula is C27H38N8O10. The van der Waals surface area contributed by atoms with Crippen LogP contribution < -0.4 is 38.1 Å². The standard InChI is InChI=1S/C27H38N8O10/c28-27(29)30-10-2-4-16-23(41)31-13-21(38)33-19(12-22(39)40)25(43)35-17(26(44)45)3-1-5-20(37)32-18(24(42)34-16)11-14-6-8-15(36)9-7-14/h6-9,16-19,36H,1-5,10-13H2,(H,31,41)(H,32,37)(H,33,38)(H,34,42)(H,35,43)(H,39,40)(H,44,45)(H4,28,29,30)/t16-,17-,18+,19-/m0/s1. The molecule has 1 aliphatic heterocycles. The van der Waals surface area contributed by atoms with Crippen LogP contribution in [-0.4, -0.2) is 100 Å². The van der Waals surface area contributed by atoms with Crippen molar-refractivity contribution >= 4 is 47.4 Å². The van der Waals surface area contributed by atoms with E-state index in [0.717, 1.165) is 0 Å². The highest BCUT2D eigenvalue weighted by molar-refractivity contribution is 5.96. The number of aromatic hydroxyl groups is 1. The van der Waals surface area contributed by atoms with Crippen molar-refractivity contribution in [1.82, 2.24) is 26.6 Å². The van der Waals surface area contributed by atoms with E-state index >= 15 is 0 Å². The molecule has 4 atom stereocenters. The van der Waals surface area contributed by atoms with Gasteiger partial charge in [0, 0.05) is 19.4 Å². The molecule has 5 amide bonds. The third kappa shape index (κ3) is 13.2. The number of hydrogen-bond acceptors (Lipinski definition) is 9. The zero-order chi connectivity index (χ0) is 33.5. The second-order valence-corrected chi connectivity index (χ2v) is 10.2. The number of rotatable bonds is 9. The Bertz CT molecular complexity index is 1280. The molecule has 0 aromatic heterocycles. The van der Waals surface area contributed by atoms with E-state index in [0.29, 0.717) is 5.56 Å². The van der Waals surface area contributed by atoms with E-state index < -0.39 is 78.6 Å². The van der Waals surface area contributed by atoms with Gasteiger partial charge in [0.25, 0.3) is 0 Å². The van der Waals surface area contributed by atoms with Gasteiger partial charge in [-0.2, -0.15) is 0 Å². The van der Waals surface area contributed by atoms with Crippen LogP contribution in [0.15, 0.2) is 29.3 Å². The third-order valence-electron chi connectivity index (χ3n) is 6.57. The van der Waals surface area contributed by atoms with E-state index in [-0.39, 0.29) is 56.8 Å². The van der Waals surface area contributed by atoms with Crippen molar-refractivity contribution in [3.63, 3.8) is 0 Å². The van der Waals surface area contributed by atoms with Crippen molar-refractivity contribution in [2.24, 2.45) is 16.5 Å². The summed E-state index contributed by atoms with van der Waals surface area (Å²) >= 11 is 0. The highest BCUT2D eigenvalue weighted by Gasteiger charge is 2.31. The lowest BCUT2D eigenvalue weighted by molar-refractivity contribution is -0.143. The lowest BCUT2D eigenvalue weighted by Crippen LogP contribution is -2.56. The maximum atomic E-state index is 13.4. The zero-order valence-electron chi connectivity index (χ0n) is 24.3. The first kappa shape index (κ1) is 35.8. The minimum Gasteiger partial charge on any atom is -0.508 e. The van der Waals surface area contributed by atoms with Gasteiger partial charge in [0.2, 0.25) is 29.5 Å². The Hall–Kier alpha value is -5.42. The predicted molar refractivity (Wildman–Crippen MR) is 156 cm³/mol. The number of carboxylic acid groups (broad SMARTS) is 2. The van der Waals surface area contributed by atoms with Crippen molar-refractivity contribution in [2.75, 3.05) is 13.1 Å². The predicted octanol–water partition coefficient (Wildman–Crippen LogP) is -3.21. The number of benzene rings is 1. The highest BCUT2D eigenvalue weighted by atomic mass is 16.4. The number of nitrogens with zero attached hydrogens (tertiary/aromatic N) is 1. The Labute approximate surface area is 257 Å². The fourth-order valence-corrected chi connectivity index (χ4v) is 4.30. The van der Waals surface area contributed by atoms with Gasteiger partial charge >= 0.3 is 11.9 Å². The summed E-state index contributed by atoms with van der Waals surface area (Å²) in [7, 11) is 0. The number of phenolic OH excluding ortho intramolecular Hbond substituents is 1. The van der Waals surface area contributed by atoms with Crippen LogP contribution in [0.1, 0.15) is 44.1 Å². The minimum atomic E-state index is -1.67. The molecule has 2 rings (SSSR count). The van der Waals surface area contributed by atoms with Crippen molar-refractivity contribution < 1.29 is 48.9 Å². The van der Waals surface area contributed by atoms with Gasteiger partial charge < -0.3 is 53.4 Å². The van der Waals surface area contributed by atoms with Gasteiger partial charge in [-0.25, -0.2) is 4.79 Å². The normalized spacial score (nSPS) is 22.3. The summed E-state index contributed by atoms with van der Waals surface area (Å²) in [5.74, 6) is -7.36. The molecule has 0 spiro atoms. The first-order chi connectivity index (χ1) is 21.2. The third-order valence-corrected chi connectivity index (χ3v) is 6.57. The summed E-state index contributed by atoms with van der Waals surface area (Å²) in [6, 6.07) is 0.229. The SMILES string of the molecule is NC(N)=NCCC[C@@H]1NC(=O)[C@@H](Cc2ccc(O)cc2)NC(=O)CCC[C@@H](C(=O)O)NC(=O)[C@H](CC(=O)O)NC(=O)CNC1=O. The molecule has 18 nitrogen and oxygen atoms in total. The lowest BCUT2D eigenvalue weighted by atomic mass is 10.0. The molecular weight excluding hydrogens is 596 g/mol. The van der Waals surface area contributed by atoms with Crippen LogP contribution in [0, 0.1) is 0 Å². The number of nitrogens with one attached hydrogen (secondary N) is 5. The van der Waals surface area contributed by atoms with Gasteiger partial charge in [0.1, 0.15) is 29.9 Å². The van der Waals surface area contributed by atoms with Crippen LogP contribution in [-0.2, 0) is 40.0 Å². The number of nitrogens with two attached hydrogens (primary N) is 2. The van der Waals surface area contributed by atoms with Crippen LogP contribution in [0.5, 0.6) is 5.75 Å². The summed E-state index contributed by atoms with van der Waals surface area (Å²) < 4.78 is 0. The van der Waals surface area contributed by atoms with Crippen LogP contribution in [0.25, 0.3) is 0 Å². The maximum Gasteiger partial charge on any atom is 0.326 e. The Kier molecular flexibility index (Phi) is 14.0. The van der Waals surface area contributed by atoms with Gasteiger partial charge in [0.15, 0.2) is 5.96 Å². The maximum absolute atomic E-state index is 13.4. The molecule has 0 saturated carbocycles. The number of carboxylic acids is 2. The topological polar surface area (TPSA) is 305 Å². The van der Waals surface area contributed by atoms with Gasteiger partial charge in [-0.05, 0) is 43.4 Å². The molecule has 18 heteroatoms. The summed E-state index contributed by atoms with van der Waals surface area (Å²) in [5, 5.41) is 40.1. The van der Waals surface area contributed by atoms with E-state index in [1.807, 2.05) is 0 Å². The fraction of sp³-hybridized carbons (Fsp3) is 0.481. The van der Waals surface area contributed by atoms with Crippen LogP contribution in [0.2, 0.25) is 0 Å². The molecule has 1 aromatic carbocycles. The van der Waals surface area contributed by atoms with Crippen molar-refractivity contribution in [2.45, 2.75) is 69.1 Å².